The lowest BCUT2D eigenvalue weighted by Gasteiger charge is -2.36. The van der Waals surface area contributed by atoms with Gasteiger partial charge < -0.3 is 19.9 Å². The molecule has 1 amide bonds. The summed E-state index contributed by atoms with van der Waals surface area (Å²) in [6.07, 6.45) is 0.357. The van der Waals surface area contributed by atoms with E-state index in [2.05, 4.69) is 25.2 Å². The van der Waals surface area contributed by atoms with Crippen LogP contribution in [0.25, 0.3) is 11.0 Å². The molecule has 3 aromatic rings. The fourth-order valence-corrected chi connectivity index (χ4v) is 4.09. The van der Waals surface area contributed by atoms with Gasteiger partial charge in [0.05, 0.1) is 11.2 Å². The number of anilines is 1. The summed E-state index contributed by atoms with van der Waals surface area (Å²) in [5.74, 6) is -1.28. The summed E-state index contributed by atoms with van der Waals surface area (Å²) >= 11 is 0. The van der Waals surface area contributed by atoms with E-state index in [0.29, 0.717) is 55.9 Å². The molecule has 0 radical (unpaired) electrons. The molecule has 0 bridgehead atoms. The average molecular weight is 490 g/mol. The van der Waals surface area contributed by atoms with E-state index >= 15 is 0 Å². The number of aromatic amines is 1. The monoisotopic (exact) mass is 490 g/mol. The van der Waals surface area contributed by atoms with Crippen molar-refractivity contribution in [3.8, 4) is 5.75 Å². The first-order valence-electron chi connectivity index (χ1n) is 11.2. The van der Waals surface area contributed by atoms with Gasteiger partial charge in [0.15, 0.2) is 5.75 Å². The third kappa shape index (κ3) is 5.37. The maximum atomic E-state index is 14.5. The summed E-state index contributed by atoms with van der Waals surface area (Å²) in [5.41, 5.74) is 1.36. The fraction of sp³-hybridized carbons (Fsp3) is 0.391. The largest absolute Gasteiger partial charge is 0.432 e. The first-order valence-corrected chi connectivity index (χ1v) is 11.2. The van der Waals surface area contributed by atoms with Crippen LogP contribution < -0.4 is 20.5 Å². The first kappa shape index (κ1) is 24.5. The first-order chi connectivity index (χ1) is 16.8. The molecule has 1 aromatic carbocycles. The number of aromatic nitrogens is 3. The van der Waals surface area contributed by atoms with Gasteiger partial charge in [0.2, 0.25) is 5.95 Å². The lowest BCUT2D eigenvalue weighted by molar-refractivity contribution is -0.0489. The molecule has 1 aliphatic heterocycles. The third-order valence-electron chi connectivity index (χ3n) is 5.85. The van der Waals surface area contributed by atoms with Gasteiger partial charge in [-0.15, -0.1) is 0 Å². The number of rotatable bonds is 7. The molecule has 35 heavy (non-hydrogen) atoms. The second kappa shape index (κ2) is 10.3. The molecule has 3 heterocycles. The number of ether oxygens (including phenoxy) is 1. The highest BCUT2D eigenvalue weighted by molar-refractivity contribution is 5.92. The number of hydrogen-bond donors (Lipinski definition) is 2. The molecule has 9 nitrogen and oxygen atoms in total. The quantitative estimate of drug-likeness (QED) is 0.490. The Labute approximate surface area is 198 Å². The van der Waals surface area contributed by atoms with E-state index in [1.54, 1.807) is 13.0 Å². The van der Waals surface area contributed by atoms with Crippen LogP contribution in [0.15, 0.2) is 29.1 Å². The molecule has 186 valence electrons. The van der Waals surface area contributed by atoms with Gasteiger partial charge in [0.25, 0.3) is 11.5 Å². The second-order valence-corrected chi connectivity index (χ2v) is 8.08. The van der Waals surface area contributed by atoms with Crippen molar-refractivity contribution in [1.82, 2.24) is 25.2 Å². The van der Waals surface area contributed by atoms with Crippen LogP contribution in [0.5, 0.6) is 5.75 Å². The number of hydrogen-bond acceptors (Lipinski definition) is 7. The predicted molar refractivity (Wildman–Crippen MR) is 123 cm³/mol. The summed E-state index contributed by atoms with van der Waals surface area (Å²) in [4.78, 5) is 38.4. The maximum absolute atomic E-state index is 14.5. The van der Waals surface area contributed by atoms with E-state index in [1.165, 1.54) is 25.2 Å². The zero-order valence-electron chi connectivity index (χ0n) is 19.3. The Morgan fingerprint density at radius 2 is 1.94 bits per heavy atom. The van der Waals surface area contributed by atoms with Crippen molar-refractivity contribution in [3.63, 3.8) is 0 Å². The van der Waals surface area contributed by atoms with Crippen molar-refractivity contribution in [2.45, 2.75) is 26.5 Å². The number of fused-ring (bicyclic) bond motifs is 1. The number of carbonyl (C=O) groups excluding carboxylic acids is 1. The number of piperazine rings is 1. The van der Waals surface area contributed by atoms with Gasteiger partial charge in [-0.2, -0.15) is 13.2 Å². The smallest absolute Gasteiger partial charge is 0.387 e. The standard InChI is InChI=1S/C23H25F3N6O3/c1-3-14-22(34)30-16-10-13(11-18(19(16)28-14)35-23(25)26)12-31-6-8-32(9-7-31)17-5-4-15(21(33)27-2)29-20(17)24/h4-5,10-11,23H,3,6-9,12H2,1-2H3,(H,27,33)(H,30,34). The highest BCUT2D eigenvalue weighted by Gasteiger charge is 2.22. The number of alkyl halides is 2. The van der Waals surface area contributed by atoms with Crippen LogP contribution >= 0.6 is 0 Å². The number of carbonyl (C=O) groups is 1. The second-order valence-electron chi connectivity index (χ2n) is 8.08. The number of aryl methyl sites for hydroxylation is 1. The van der Waals surface area contributed by atoms with Crippen molar-refractivity contribution in [1.29, 1.82) is 0 Å². The minimum atomic E-state index is -3.03. The number of nitrogens with zero attached hydrogens (tertiary/aromatic N) is 4. The topological polar surface area (TPSA) is 103 Å². The van der Waals surface area contributed by atoms with E-state index in [0.717, 1.165) is 0 Å². The number of nitrogens with one attached hydrogen (secondary N) is 2. The predicted octanol–water partition coefficient (Wildman–Crippen LogP) is 2.30. The molecule has 0 unspecified atom stereocenters. The normalized spacial score (nSPS) is 14.5. The van der Waals surface area contributed by atoms with E-state index in [9.17, 15) is 22.8 Å². The molecule has 1 aliphatic rings. The average Bonchev–Trinajstić information content (AvgIpc) is 2.83. The minimum absolute atomic E-state index is 0.00380. The molecule has 2 N–H and O–H groups in total. The Balaban J connectivity index is 1.50. The Hall–Kier alpha value is -3.67. The Kier molecular flexibility index (Phi) is 7.20. The third-order valence-corrected chi connectivity index (χ3v) is 5.85. The van der Waals surface area contributed by atoms with Gasteiger partial charge in [0.1, 0.15) is 16.9 Å². The van der Waals surface area contributed by atoms with Crippen LogP contribution in [0.4, 0.5) is 18.9 Å². The number of halogens is 3. The lowest BCUT2D eigenvalue weighted by atomic mass is 10.1. The van der Waals surface area contributed by atoms with Gasteiger partial charge >= 0.3 is 6.61 Å². The van der Waals surface area contributed by atoms with Crippen molar-refractivity contribution in [2.24, 2.45) is 0 Å². The van der Waals surface area contributed by atoms with Crippen molar-refractivity contribution >= 4 is 22.6 Å². The molecule has 12 heteroatoms. The number of pyridine rings is 1. The molecular weight excluding hydrogens is 465 g/mol. The van der Waals surface area contributed by atoms with Crippen molar-refractivity contribution in [2.75, 3.05) is 38.1 Å². The summed E-state index contributed by atoms with van der Waals surface area (Å²) in [6, 6.07) is 6.22. The summed E-state index contributed by atoms with van der Waals surface area (Å²) in [6.45, 7) is 1.29. The molecular formula is C23H25F3N6O3. The molecule has 0 atom stereocenters. The van der Waals surface area contributed by atoms with Crippen molar-refractivity contribution < 1.29 is 22.7 Å². The zero-order valence-corrected chi connectivity index (χ0v) is 19.3. The number of amides is 1. The van der Waals surface area contributed by atoms with Crippen LogP contribution in [0.1, 0.15) is 28.7 Å². The van der Waals surface area contributed by atoms with Gasteiger partial charge in [-0.05, 0) is 36.2 Å². The molecule has 1 fully saturated rings. The van der Waals surface area contributed by atoms with Crippen LogP contribution in [0.3, 0.4) is 0 Å². The Morgan fingerprint density at radius 3 is 2.57 bits per heavy atom. The van der Waals surface area contributed by atoms with Gasteiger partial charge in [-0.1, -0.05) is 6.92 Å². The summed E-state index contributed by atoms with van der Waals surface area (Å²) in [7, 11) is 1.45. The fourth-order valence-electron chi connectivity index (χ4n) is 4.09. The molecule has 0 saturated carbocycles. The highest BCUT2D eigenvalue weighted by Crippen LogP contribution is 2.27. The number of H-pyrrole nitrogens is 1. The summed E-state index contributed by atoms with van der Waals surface area (Å²) in [5, 5.41) is 2.41. The Bertz CT molecular complexity index is 1290. The maximum Gasteiger partial charge on any atom is 0.387 e. The van der Waals surface area contributed by atoms with E-state index in [-0.39, 0.29) is 28.2 Å². The van der Waals surface area contributed by atoms with E-state index in [4.69, 9.17) is 4.74 Å². The number of benzene rings is 1. The molecule has 0 spiro atoms. The zero-order chi connectivity index (χ0) is 25.1. The van der Waals surface area contributed by atoms with Gasteiger partial charge in [-0.3, -0.25) is 14.5 Å². The van der Waals surface area contributed by atoms with E-state index in [1.807, 2.05) is 4.90 Å². The highest BCUT2D eigenvalue weighted by atomic mass is 19.3. The van der Waals surface area contributed by atoms with Crippen LogP contribution in [-0.2, 0) is 13.0 Å². The van der Waals surface area contributed by atoms with Crippen LogP contribution in [-0.4, -0.2) is 65.6 Å². The van der Waals surface area contributed by atoms with Gasteiger partial charge in [-0.25, -0.2) is 9.97 Å². The van der Waals surface area contributed by atoms with Crippen LogP contribution in [0, 0.1) is 5.95 Å². The summed E-state index contributed by atoms with van der Waals surface area (Å²) < 4.78 is 45.3. The molecule has 2 aromatic heterocycles. The molecule has 0 aliphatic carbocycles. The van der Waals surface area contributed by atoms with Crippen molar-refractivity contribution in [3.05, 3.63) is 57.5 Å². The molecule has 1 saturated heterocycles. The lowest BCUT2D eigenvalue weighted by Crippen LogP contribution is -2.46. The Morgan fingerprint density at radius 1 is 1.20 bits per heavy atom. The van der Waals surface area contributed by atoms with Crippen LogP contribution in [0.2, 0.25) is 0 Å². The van der Waals surface area contributed by atoms with Gasteiger partial charge in [0, 0.05) is 39.8 Å². The SMILES string of the molecule is CCc1nc2c(OC(F)F)cc(CN3CCN(c4ccc(C(=O)NC)nc4F)CC3)cc2[nH]c1=O. The van der Waals surface area contributed by atoms with E-state index < -0.39 is 18.5 Å². The molecule has 4 rings (SSSR count). The minimum Gasteiger partial charge on any atom is -0.432 e.